The van der Waals surface area contributed by atoms with E-state index in [-0.39, 0.29) is 30.7 Å². The maximum Gasteiger partial charge on any atom is 0.364 e. The van der Waals surface area contributed by atoms with Gasteiger partial charge in [-0.3, -0.25) is 9.63 Å². The summed E-state index contributed by atoms with van der Waals surface area (Å²) in [6, 6.07) is -2.73. The number of hydrogen-bond acceptors (Lipinski definition) is 29. The summed E-state index contributed by atoms with van der Waals surface area (Å²) in [4.78, 5) is 41.0. The minimum Gasteiger partial charge on any atom is -0.477 e. The topological polar surface area (TPSA) is 513 Å². The van der Waals surface area contributed by atoms with Crippen LogP contribution in [-0.2, 0) is 52.4 Å². The fourth-order valence-electron chi connectivity index (χ4n) is 8.87. The highest BCUT2D eigenvalue weighted by molar-refractivity contribution is 5.84. The molecule has 5 saturated heterocycles. The number of carboxylic acids is 1. The van der Waals surface area contributed by atoms with Crippen molar-refractivity contribution in [3.63, 3.8) is 0 Å². The van der Waals surface area contributed by atoms with Gasteiger partial charge in [-0.05, 0) is 20.8 Å². The number of aliphatic hydroxyl groups is 17. The van der Waals surface area contributed by atoms with E-state index in [2.05, 4.69) is 10.8 Å². The Balaban J connectivity index is 0.000000367. The van der Waals surface area contributed by atoms with Gasteiger partial charge >= 0.3 is 5.97 Å². The predicted octanol–water partition coefficient (Wildman–Crippen LogP) is -9.61. The summed E-state index contributed by atoms with van der Waals surface area (Å²) in [7, 11) is 0. The lowest BCUT2D eigenvalue weighted by Gasteiger charge is -2.46. The van der Waals surface area contributed by atoms with E-state index < -0.39 is 203 Å². The van der Waals surface area contributed by atoms with E-state index >= 15 is 0 Å². The second kappa shape index (κ2) is 31.1. The zero-order valence-corrected chi connectivity index (χ0v) is 43.7. The first kappa shape index (κ1) is 68.8. The summed E-state index contributed by atoms with van der Waals surface area (Å²) in [6.07, 6.45) is -26.7. The van der Waals surface area contributed by atoms with E-state index in [9.17, 15) is 101 Å². The number of carbonyl (C=O) groups is 3. The van der Waals surface area contributed by atoms with Crippen LogP contribution in [0.3, 0.4) is 0 Å². The van der Waals surface area contributed by atoms with Gasteiger partial charge in [0.25, 0.3) is 5.79 Å². The molecule has 20 N–H and O–H groups in total. The Bertz CT molecular complexity index is 1760. The molecule has 0 saturated carbocycles. The maximum absolute atomic E-state index is 12.4. The number of aldehydes is 1. The van der Waals surface area contributed by atoms with Crippen LogP contribution >= 0.6 is 0 Å². The second-order valence-electron chi connectivity index (χ2n) is 20.2. The zero-order valence-electron chi connectivity index (χ0n) is 43.7. The molecule has 1 amide bonds. The molecule has 5 aliphatic rings. The Morgan fingerprint density at radius 2 is 1.14 bits per heavy atom. The molecule has 0 aliphatic carbocycles. The SMILES string of the molecule is CC1[C@@H](O)[C@@H](O)C(CO)O[C@@H]1C.CC1[C@@H](ONC(CO)C(=O)N[C@H](C=O)[C@@H](C)O)OC(CO[C@]2(C(=O)O)C[C@@H](O)[C@@H](C)C([C@H](O)[C@H](O)CO)O2)[C@H](O)[C@@H]1O.CC1[C@@H](O[C@@H]2OC(CO)[C@H](O)[C@H](O)C2O)[C@@H](O)C(CO)O[C@@H]1C. The molecule has 0 spiro atoms. The minimum absolute atomic E-state index is 0.0946. The second-order valence-corrected chi connectivity index (χ2v) is 20.2. The zero-order chi connectivity index (χ0) is 58.5. The quantitative estimate of drug-likeness (QED) is 0.0398. The number of carboxylic acid groups (broad SMARTS) is 1. The Kier molecular flexibility index (Phi) is 27.8. The largest absolute Gasteiger partial charge is 0.477 e. The van der Waals surface area contributed by atoms with Gasteiger partial charge in [-0.2, -0.15) is 5.48 Å². The normalized spacial score (nSPS) is 43.4. The van der Waals surface area contributed by atoms with Crippen molar-refractivity contribution >= 4 is 18.2 Å². The van der Waals surface area contributed by atoms with Crippen LogP contribution in [0.2, 0.25) is 0 Å². The first-order valence-electron chi connectivity index (χ1n) is 25.2. The summed E-state index contributed by atoms with van der Waals surface area (Å²) in [5.74, 6) is -7.46. The van der Waals surface area contributed by atoms with E-state index in [1.807, 2.05) is 13.8 Å². The Morgan fingerprint density at radius 3 is 1.66 bits per heavy atom. The van der Waals surface area contributed by atoms with Crippen molar-refractivity contribution in [1.82, 2.24) is 10.8 Å². The van der Waals surface area contributed by atoms with Crippen LogP contribution < -0.4 is 10.8 Å². The fraction of sp³-hybridized carbons (Fsp3) is 0.935. The predicted molar refractivity (Wildman–Crippen MR) is 253 cm³/mol. The molecule has 0 aromatic heterocycles. The molecule has 10 unspecified atom stereocenters. The van der Waals surface area contributed by atoms with Gasteiger partial charge in [0.2, 0.25) is 5.91 Å². The van der Waals surface area contributed by atoms with Crippen LogP contribution in [0.1, 0.15) is 54.9 Å². The summed E-state index contributed by atoms with van der Waals surface area (Å²) < 4.78 is 38.3. The number of amides is 1. The highest BCUT2D eigenvalue weighted by Gasteiger charge is 2.56. The minimum atomic E-state index is -2.60. The van der Waals surface area contributed by atoms with Gasteiger partial charge in [-0.25, -0.2) is 4.79 Å². The number of nitrogens with one attached hydrogen (secondary N) is 2. The standard InChI is InChI=1S/C24H42N2O16.C14H26O9.C8H16O4/c1-9-14(31)4-24(23(37)38,41-20(9)18(34)15(32)7-29)39-8-16-19(35)17(33)10(2)22(40-16)42-26-13(6-28)21(36)25-12(5-27)11(3)30;1-5-6(2)21-8(4-16)10(18)13(5)23-14-12(20)11(19)9(17)7(3-15)22-14;1-4-5(2)12-6(3-9)8(11)7(4)10/h5,9-20,22,26,28-35H,4,6-8H2,1-3H3,(H,25,36)(H,37,38);5-20H,3-4H2,1-2H3;4-11H,3H2,1-2H3/t9-,10?,11-,12-,13?,14-,15-,16?,17-,18-,19+,20?,22-,24-;5?,6-,7?,8?,9+,10+,11+,12?,13-,14+;4?,5-,6?,7-,8+/m111/s1. The van der Waals surface area contributed by atoms with Crippen LogP contribution in [0.25, 0.3) is 0 Å². The van der Waals surface area contributed by atoms with Gasteiger partial charge in [0.05, 0.1) is 88.5 Å². The Labute approximate surface area is 443 Å². The van der Waals surface area contributed by atoms with Crippen molar-refractivity contribution in [1.29, 1.82) is 0 Å². The Hall–Kier alpha value is -2.43. The molecular formula is C46H84N2O29. The summed E-state index contributed by atoms with van der Waals surface area (Å²) >= 11 is 0. The number of hydroxylamine groups is 1. The monoisotopic (exact) mass is 1130 g/mol. The number of ether oxygens (including phenoxy) is 7. The number of aliphatic carboxylic acids is 1. The average molecular weight is 1130 g/mol. The van der Waals surface area contributed by atoms with Gasteiger partial charge < -0.3 is 135 Å². The first-order chi connectivity index (χ1) is 36.0. The first-order valence-corrected chi connectivity index (χ1v) is 25.2. The average Bonchev–Trinajstić information content (AvgIpc) is 3.40. The summed E-state index contributed by atoms with van der Waals surface area (Å²) in [6.45, 7) is 7.60. The maximum atomic E-state index is 12.4. The van der Waals surface area contributed by atoms with Gasteiger partial charge in [-0.1, -0.05) is 27.7 Å². The van der Waals surface area contributed by atoms with Crippen molar-refractivity contribution in [3.05, 3.63) is 0 Å². The van der Waals surface area contributed by atoms with Crippen molar-refractivity contribution < 1.29 is 144 Å². The molecule has 0 aromatic carbocycles. The third-order valence-corrected chi connectivity index (χ3v) is 14.7. The van der Waals surface area contributed by atoms with E-state index in [0.29, 0.717) is 6.29 Å². The Morgan fingerprint density at radius 1 is 0.636 bits per heavy atom. The number of carbonyl (C=O) groups excluding carboxylic acids is 2. The molecule has 0 bridgehead atoms. The lowest BCUT2D eigenvalue weighted by Crippen LogP contribution is -2.63. The van der Waals surface area contributed by atoms with Crippen LogP contribution in [0.5, 0.6) is 0 Å². The number of hydrogen-bond donors (Lipinski definition) is 20. The molecule has 5 heterocycles. The van der Waals surface area contributed by atoms with Crippen LogP contribution in [0.4, 0.5) is 0 Å². The van der Waals surface area contributed by atoms with Crippen molar-refractivity contribution in [2.75, 3.05) is 39.6 Å². The van der Waals surface area contributed by atoms with Crippen LogP contribution in [-0.4, -0.2) is 302 Å². The molecule has 5 rings (SSSR count). The third-order valence-electron chi connectivity index (χ3n) is 14.7. The lowest BCUT2D eigenvalue weighted by atomic mass is 9.84. The number of aliphatic hydroxyl groups excluding tert-OH is 17. The van der Waals surface area contributed by atoms with Crippen LogP contribution in [0, 0.1) is 23.7 Å². The van der Waals surface area contributed by atoms with E-state index in [1.54, 1.807) is 13.8 Å². The smallest absolute Gasteiger partial charge is 0.364 e. The number of rotatable bonds is 20. The molecule has 0 aromatic rings. The molecule has 31 nitrogen and oxygen atoms in total. The molecule has 5 aliphatic heterocycles. The van der Waals surface area contributed by atoms with Gasteiger partial charge in [0, 0.05) is 30.1 Å². The van der Waals surface area contributed by atoms with Crippen molar-refractivity contribution in [2.45, 2.75) is 207 Å². The van der Waals surface area contributed by atoms with Crippen molar-refractivity contribution in [2.24, 2.45) is 23.7 Å². The lowest BCUT2D eigenvalue weighted by molar-refractivity contribution is -0.342. The highest BCUT2D eigenvalue weighted by Crippen LogP contribution is 2.38. The van der Waals surface area contributed by atoms with E-state index in [1.165, 1.54) is 20.8 Å². The molecule has 5 fully saturated rings. The van der Waals surface area contributed by atoms with E-state index in [0.717, 1.165) is 0 Å². The molecule has 0 radical (unpaired) electrons. The fourth-order valence-corrected chi connectivity index (χ4v) is 8.87. The summed E-state index contributed by atoms with van der Waals surface area (Å²) in [5, 5.41) is 178. The van der Waals surface area contributed by atoms with Crippen LogP contribution in [0.15, 0.2) is 0 Å². The molecular weight excluding hydrogens is 1040 g/mol. The molecule has 452 valence electrons. The summed E-state index contributed by atoms with van der Waals surface area (Å²) in [5.41, 5.74) is 2.23. The van der Waals surface area contributed by atoms with Gasteiger partial charge in [-0.15, -0.1) is 0 Å². The highest BCUT2D eigenvalue weighted by atomic mass is 16.8. The van der Waals surface area contributed by atoms with Gasteiger partial charge in [0.1, 0.15) is 91.6 Å². The van der Waals surface area contributed by atoms with E-state index in [4.69, 9.17) is 43.1 Å². The van der Waals surface area contributed by atoms with Gasteiger partial charge in [0.15, 0.2) is 12.6 Å². The molecule has 77 heavy (non-hydrogen) atoms. The third kappa shape index (κ3) is 17.1. The molecule has 29 atom stereocenters. The molecule has 31 heteroatoms. The van der Waals surface area contributed by atoms with Crippen molar-refractivity contribution in [3.8, 4) is 0 Å².